The van der Waals surface area contributed by atoms with Gasteiger partial charge in [-0.25, -0.2) is 18.2 Å². The Kier molecular flexibility index (Phi) is 7.97. The number of hydrogen-bond acceptors (Lipinski definition) is 4. The smallest absolute Gasteiger partial charge is 0.373 e. The van der Waals surface area contributed by atoms with E-state index in [9.17, 15) is 44.7 Å². The molecule has 214 valence electrons. The number of benzene rings is 2. The molecule has 40 heavy (non-hydrogen) atoms. The average Bonchev–Trinajstić information content (AvgIpc) is 2.79. The van der Waals surface area contributed by atoms with Crippen LogP contribution in [0.4, 0.5) is 39.5 Å². The number of halogens is 9. The van der Waals surface area contributed by atoms with Crippen molar-refractivity contribution in [1.29, 1.82) is 0 Å². The first-order valence-electron chi connectivity index (χ1n) is 11.5. The summed E-state index contributed by atoms with van der Waals surface area (Å²) in [5.41, 5.74) is -6.62. The quantitative estimate of drug-likeness (QED) is 0.362. The molecule has 0 saturated heterocycles. The van der Waals surface area contributed by atoms with Crippen molar-refractivity contribution < 1.29 is 49.0 Å². The summed E-state index contributed by atoms with van der Waals surface area (Å²) in [6.07, 6.45) is -10.4. The molecular formula is C25H18F9N3O3. The number of nitrogens with one attached hydrogen (secondary N) is 2. The Morgan fingerprint density at radius 3 is 2.23 bits per heavy atom. The second-order valence-electron chi connectivity index (χ2n) is 9.03. The van der Waals surface area contributed by atoms with E-state index in [0.29, 0.717) is 18.2 Å². The number of ether oxygens (including phenoxy) is 1. The van der Waals surface area contributed by atoms with Crippen LogP contribution in [0.2, 0.25) is 0 Å². The third kappa shape index (κ3) is 6.63. The van der Waals surface area contributed by atoms with E-state index in [1.807, 2.05) is 0 Å². The van der Waals surface area contributed by atoms with Gasteiger partial charge in [-0.1, -0.05) is 6.07 Å². The van der Waals surface area contributed by atoms with E-state index < -0.39 is 88.0 Å². The maximum absolute atomic E-state index is 15.3. The number of carbonyl (C=O) groups is 1. The molecule has 0 spiro atoms. The summed E-state index contributed by atoms with van der Waals surface area (Å²) in [5, 5.41) is 2.35. The highest BCUT2D eigenvalue weighted by Gasteiger charge is 2.39. The van der Waals surface area contributed by atoms with Crippen molar-refractivity contribution in [3.63, 3.8) is 0 Å². The van der Waals surface area contributed by atoms with Crippen molar-refractivity contribution in [2.24, 2.45) is 5.92 Å². The van der Waals surface area contributed by atoms with Crippen molar-refractivity contribution in [3.8, 4) is 11.4 Å². The summed E-state index contributed by atoms with van der Waals surface area (Å²) < 4.78 is 127. The Morgan fingerprint density at radius 2 is 1.62 bits per heavy atom. The second-order valence-corrected chi connectivity index (χ2v) is 9.03. The molecule has 4 rings (SSSR count). The van der Waals surface area contributed by atoms with Gasteiger partial charge in [-0.15, -0.1) is 0 Å². The minimum absolute atomic E-state index is 0.0186. The average molecular weight is 579 g/mol. The molecule has 0 atom stereocenters. The monoisotopic (exact) mass is 579 g/mol. The number of amides is 1. The molecule has 2 N–H and O–H groups in total. The zero-order chi connectivity index (χ0) is 29.4. The van der Waals surface area contributed by atoms with E-state index in [1.54, 1.807) is 4.98 Å². The lowest BCUT2D eigenvalue weighted by atomic mass is 9.81. The summed E-state index contributed by atoms with van der Waals surface area (Å²) in [7, 11) is 0. The molecule has 0 radical (unpaired) electrons. The number of H-pyrrole nitrogens is 1. The summed E-state index contributed by atoms with van der Waals surface area (Å²) in [5.74, 6) is -5.67. The van der Waals surface area contributed by atoms with Crippen LogP contribution in [0.25, 0.3) is 11.4 Å². The van der Waals surface area contributed by atoms with Crippen LogP contribution in [-0.2, 0) is 35.0 Å². The van der Waals surface area contributed by atoms with Crippen molar-refractivity contribution >= 4 is 5.91 Å². The molecule has 3 aromatic rings. The predicted octanol–water partition coefficient (Wildman–Crippen LogP) is 5.50. The van der Waals surface area contributed by atoms with Crippen molar-refractivity contribution in [2.45, 2.75) is 44.4 Å². The van der Waals surface area contributed by atoms with E-state index >= 15 is 4.39 Å². The van der Waals surface area contributed by atoms with Crippen molar-refractivity contribution in [3.05, 3.63) is 86.6 Å². The normalized spacial score (nSPS) is 17.4. The standard InChI is InChI=1S/C25H18F9N3O3/c26-14-3-11(4-15(27)7-14)10-40-16-5-13(6-16)23(39)35-9-12-1-2-17(24(29,30)31)20(21(12)28)22-36-18(25(32,33)34)8-19(38)37-22/h1-4,7-8,13,16H,5-6,9-10H2,(H,35,39)(H,36,37,38). The Bertz CT molecular complexity index is 1460. The molecule has 1 heterocycles. The Balaban J connectivity index is 1.45. The number of rotatable bonds is 7. The maximum Gasteiger partial charge on any atom is 0.433 e. The Labute approximate surface area is 219 Å². The van der Waals surface area contributed by atoms with Crippen LogP contribution in [0.1, 0.15) is 35.2 Å². The van der Waals surface area contributed by atoms with E-state index in [2.05, 4.69) is 10.3 Å². The zero-order valence-electron chi connectivity index (χ0n) is 20.0. The van der Waals surface area contributed by atoms with E-state index in [0.717, 1.165) is 12.1 Å². The number of aromatic amines is 1. The van der Waals surface area contributed by atoms with E-state index in [4.69, 9.17) is 4.74 Å². The highest BCUT2D eigenvalue weighted by Crippen LogP contribution is 2.39. The summed E-state index contributed by atoms with van der Waals surface area (Å²) in [6.45, 7) is -0.734. The number of alkyl halides is 6. The highest BCUT2D eigenvalue weighted by atomic mass is 19.4. The number of nitrogens with zero attached hydrogens (tertiary/aromatic N) is 1. The summed E-state index contributed by atoms with van der Waals surface area (Å²) in [4.78, 5) is 28.8. The zero-order valence-corrected chi connectivity index (χ0v) is 20.0. The molecule has 0 bridgehead atoms. The molecule has 1 aliphatic carbocycles. The van der Waals surface area contributed by atoms with Gasteiger partial charge in [0, 0.05) is 30.2 Å². The number of carbonyl (C=O) groups excluding carboxylic acids is 1. The second kappa shape index (κ2) is 10.9. The van der Waals surface area contributed by atoms with Crippen LogP contribution in [0.5, 0.6) is 0 Å². The molecular weight excluding hydrogens is 561 g/mol. The molecule has 1 amide bonds. The van der Waals surface area contributed by atoms with Crippen LogP contribution in [0, 0.1) is 23.4 Å². The molecule has 6 nitrogen and oxygen atoms in total. The van der Waals surface area contributed by atoms with Gasteiger partial charge in [0.05, 0.1) is 23.8 Å². The Hall–Kier alpha value is -3.88. The minimum atomic E-state index is -5.22. The molecule has 15 heteroatoms. The first-order valence-corrected chi connectivity index (χ1v) is 11.5. The van der Waals surface area contributed by atoms with Crippen molar-refractivity contribution in [1.82, 2.24) is 15.3 Å². The first kappa shape index (κ1) is 29.1. The largest absolute Gasteiger partial charge is 0.433 e. The SMILES string of the molecule is O=C(NCc1ccc(C(F)(F)F)c(-c2nc(C(F)(F)F)cc(=O)[nH]2)c1F)C1CC(OCc2cc(F)cc(F)c2)C1. The van der Waals surface area contributed by atoms with Crippen LogP contribution < -0.4 is 10.9 Å². The topological polar surface area (TPSA) is 84.1 Å². The third-order valence-electron chi connectivity index (χ3n) is 6.12. The molecule has 0 aliphatic heterocycles. The van der Waals surface area contributed by atoms with Gasteiger partial charge in [0.1, 0.15) is 23.3 Å². The van der Waals surface area contributed by atoms with Gasteiger partial charge in [0.15, 0.2) is 5.69 Å². The van der Waals surface area contributed by atoms with E-state index in [1.165, 1.54) is 0 Å². The molecule has 1 fully saturated rings. The van der Waals surface area contributed by atoms with Gasteiger partial charge in [-0.3, -0.25) is 9.59 Å². The fourth-order valence-corrected chi connectivity index (χ4v) is 4.10. The predicted molar refractivity (Wildman–Crippen MR) is 120 cm³/mol. The molecule has 1 aliphatic rings. The van der Waals surface area contributed by atoms with Gasteiger partial charge < -0.3 is 15.0 Å². The van der Waals surface area contributed by atoms with Gasteiger partial charge in [-0.2, -0.15) is 26.3 Å². The van der Waals surface area contributed by atoms with E-state index in [-0.39, 0.29) is 31.1 Å². The highest BCUT2D eigenvalue weighted by molar-refractivity contribution is 5.79. The molecule has 1 aromatic heterocycles. The van der Waals surface area contributed by atoms with Crippen LogP contribution >= 0.6 is 0 Å². The van der Waals surface area contributed by atoms with Gasteiger partial charge in [-0.05, 0) is 36.6 Å². The maximum atomic E-state index is 15.3. The molecule has 2 aromatic carbocycles. The lowest BCUT2D eigenvalue weighted by Crippen LogP contribution is -2.42. The van der Waals surface area contributed by atoms with Gasteiger partial charge in [0.2, 0.25) is 5.91 Å². The lowest BCUT2D eigenvalue weighted by Gasteiger charge is -2.34. The van der Waals surface area contributed by atoms with Crippen LogP contribution in [0.3, 0.4) is 0 Å². The number of aromatic nitrogens is 2. The Morgan fingerprint density at radius 1 is 0.975 bits per heavy atom. The minimum Gasteiger partial charge on any atom is -0.373 e. The number of hydrogen-bond donors (Lipinski definition) is 2. The molecule has 1 saturated carbocycles. The lowest BCUT2D eigenvalue weighted by molar-refractivity contribution is -0.141. The van der Waals surface area contributed by atoms with Crippen molar-refractivity contribution in [2.75, 3.05) is 0 Å². The summed E-state index contributed by atoms with van der Waals surface area (Å²) >= 11 is 0. The first-order chi connectivity index (χ1) is 18.6. The fraction of sp³-hybridized carbons (Fsp3) is 0.320. The fourth-order valence-electron chi connectivity index (χ4n) is 4.10. The van der Waals surface area contributed by atoms with Crippen LogP contribution in [0.15, 0.2) is 41.2 Å². The third-order valence-corrected chi connectivity index (χ3v) is 6.12. The molecule has 0 unspecified atom stereocenters. The summed E-state index contributed by atoms with van der Waals surface area (Å²) in [6, 6.07) is 4.00. The van der Waals surface area contributed by atoms with Gasteiger partial charge in [0.25, 0.3) is 5.56 Å². The van der Waals surface area contributed by atoms with Crippen LogP contribution in [-0.4, -0.2) is 22.0 Å². The van der Waals surface area contributed by atoms with Gasteiger partial charge >= 0.3 is 12.4 Å².